The molecule has 0 bridgehead atoms. The fourth-order valence-corrected chi connectivity index (χ4v) is 1.90. The van der Waals surface area contributed by atoms with Gasteiger partial charge >= 0.3 is 0 Å². The van der Waals surface area contributed by atoms with Crippen LogP contribution in [0.5, 0.6) is 0 Å². The van der Waals surface area contributed by atoms with Gasteiger partial charge in [-0.05, 0) is 24.3 Å². The molecule has 0 saturated carbocycles. The summed E-state index contributed by atoms with van der Waals surface area (Å²) in [5.74, 6) is 5.42. The molecule has 2 rings (SSSR count). The topological polar surface area (TPSA) is 67.2 Å². The summed E-state index contributed by atoms with van der Waals surface area (Å²) >= 11 is 5.95. The van der Waals surface area contributed by atoms with Crippen LogP contribution < -0.4 is 5.32 Å². The Kier molecular flexibility index (Phi) is 4.99. The van der Waals surface area contributed by atoms with E-state index in [0.29, 0.717) is 28.4 Å². The van der Waals surface area contributed by atoms with Crippen molar-refractivity contribution in [3.8, 4) is 11.8 Å². The number of aromatic nitrogens is 2. The molecule has 108 valence electrons. The Morgan fingerprint density at radius 1 is 1.48 bits per heavy atom. The van der Waals surface area contributed by atoms with Crippen LogP contribution in [0.4, 0.5) is 5.69 Å². The average molecular weight is 304 g/mol. The number of anilines is 1. The predicted octanol–water partition coefficient (Wildman–Crippen LogP) is 2.06. The molecule has 1 aromatic heterocycles. The minimum absolute atomic E-state index is 0.00965. The van der Waals surface area contributed by atoms with Gasteiger partial charge in [-0.2, -0.15) is 5.10 Å². The first-order valence-electron chi connectivity index (χ1n) is 6.30. The third kappa shape index (κ3) is 3.85. The smallest absolute Gasteiger partial charge is 0.273 e. The zero-order chi connectivity index (χ0) is 15.2. The van der Waals surface area contributed by atoms with Crippen LogP contribution in [-0.2, 0) is 7.05 Å². The summed E-state index contributed by atoms with van der Waals surface area (Å²) in [4.78, 5) is 12.2. The lowest BCUT2D eigenvalue weighted by atomic mass is 10.1. The number of carbonyl (C=O) groups excluding carboxylic acids is 1. The van der Waals surface area contributed by atoms with E-state index >= 15 is 0 Å². The maximum absolute atomic E-state index is 12.2. The second-order valence-electron chi connectivity index (χ2n) is 4.26. The van der Waals surface area contributed by atoms with E-state index in [-0.39, 0.29) is 12.5 Å². The molecule has 0 saturated heterocycles. The highest BCUT2D eigenvalue weighted by atomic mass is 35.5. The number of nitrogens with one attached hydrogen (secondary N) is 1. The number of aryl methyl sites for hydroxylation is 1. The van der Waals surface area contributed by atoms with Gasteiger partial charge in [0.25, 0.3) is 5.91 Å². The Morgan fingerprint density at radius 3 is 2.95 bits per heavy atom. The minimum Gasteiger partial charge on any atom is -0.395 e. The Hall–Kier alpha value is -2.29. The lowest BCUT2D eigenvalue weighted by Crippen LogP contribution is -2.16. The molecule has 21 heavy (non-hydrogen) atoms. The van der Waals surface area contributed by atoms with Gasteiger partial charge in [-0.3, -0.25) is 9.48 Å². The number of aliphatic hydroxyl groups is 1. The summed E-state index contributed by atoms with van der Waals surface area (Å²) in [6, 6.07) is 6.67. The van der Waals surface area contributed by atoms with Crippen molar-refractivity contribution in [3.05, 3.63) is 46.7 Å². The van der Waals surface area contributed by atoms with E-state index in [1.54, 1.807) is 37.5 Å². The van der Waals surface area contributed by atoms with E-state index in [1.807, 2.05) is 0 Å². The van der Waals surface area contributed by atoms with Crippen molar-refractivity contribution in [2.75, 3.05) is 11.9 Å². The Bertz CT molecular complexity index is 713. The summed E-state index contributed by atoms with van der Waals surface area (Å²) in [6.07, 6.45) is 1.92. The van der Waals surface area contributed by atoms with Gasteiger partial charge in [-0.25, -0.2) is 0 Å². The summed E-state index contributed by atoms with van der Waals surface area (Å²) in [5, 5.41) is 16.0. The Balaban J connectivity index is 2.26. The van der Waals surface area contributed by atoms with Crippen molar-refractivity contribution in [2.45, 2.75) is 6.42 Å². The van der Waals surface area contributed by atoms with Crippen molar-refractivity contribution in [1.29, 1.82) is 0 Å². The molecule has 0 radical (unpaired) electrons. The SMILES string of the molecule is Cn1nccc1C(=O)Nc1ccc(Cl)cc1C#CCCO. The van der Waals surface area contributed by atoms with Gasteiger partial charge in [0.1, 0.15) is 5.69 Å². The second-order valence-corrected chi connectivity index (χ2v) is 4.70. The number of hydrogen-bond acceptors (Lipinski definition) is 3. The molecule has 2 aromatic rings. The largest absolute Gasteiger partial charge is 0.395 e. The lowest BCUT2D eigenvalue weighted by molar-refractivity contribution is 0.101. The van der Waals surface area contributed by atoms with Crippen LogP contribution in [0.2, 0.25) is 5.02 Å². The molecule has 0 unspecified atom stereocenters. The molecule has 0 atom stereocenters. The molecule has 1 heterocycles. The number of rotatable bonds is 3. The van der Waals surface area contributed by atoms with Crippen molar-refractivity contribution in [2.24, 2.45) is 7.05 Å². The molecule has 1 aromatic carbocycles. The predicted molar refractivity (Wildman–Crippen MR) is 81.2 cm³/mol. The number of amides is 1. The van der Waals surface area contributed by atoms with Gasteiger partial charge in [0.05, 0.1) is 12.3 Å². The van der Waals surface area contributed by atoms with Crippen LogP contribution in [0.25, 0.3) is 0 Å². The molecule has 2 N–H and O–H groups in total. The number of benzene rings is 1. The fraction of sp³-hybridized carbons (Fsp3) is 0.200. The standard InChI is InChI=1S/C15H14ClN3O2/c1-19-14(7-8-17-19)15(21)18-13-6-5-12(16)10-11(13)4-2-3-9-20/h5-8,10,20H,3,9H2,1H3,(H,18,21). The minimum atomic E-state index is -0.275. The normalized spacial score (nSPS) is 9.86. The molecule has 0 fully saturated rings. The van der Waals surface area contributed by atoms with E-state index in [4.69, 9.17) is 16.7 Å². The Labute approximate surface area is 127 Å². The number of nitrogens with zero attached hydrogens (tertiary/aromatic N) is 2. The highest BCUT2D eigenvalue weighted by Gasteiger charge is 2.12. The van der Waals surface area contributed by atoms with Crippen LogP contribution in [0.15, 0.2) is 30.5 Å². The number of aliphatic hydroxyl groups excluding tert-OH is 1. The van der Waals surface area contributed by atoms with Gasteiger partial charge in [0, 0.05) is 30.3 Å². The molecule has 5 nitrogen and oxygen atoms in total. The van der Waals surface area contributed by atoms with E-state index in [2.05, 4.69) is 22.3 Å². The first kappa shape index (κ1) is 15.1. The van der Waals surface area contributed by atoms with Crippen LogP contribution >= 0.6 is 11.6 Å². The highest BCUT2D eigenvalue weighted by Crippen LogP contribution is 2.20. The quantitative estimate of drug-likeness (QED) is 0.853. The molecule has 0 aliphatic rings. The molecular weight excluding hydrogens is 290 g/mol. The Morgan fingerprint density at radius 2 is 2.29 bits per heavy atom. The van der Waals surface area contributed by atoms with Crippen LogP contribution in [0, 0.1) is 11.8 Å². The molecule has 0 aliphatic heterocycles. The molecule has 0 spiro atoms. The van der Waals surface area contributed by atoms with Crippen molar-refractivity contribution in [3.63, 3.8) is 0 Å². The number of carbonyl (C=O) groups is 1. The molecule has 1 amide bonds. The van der Waals surface area contributed by atoms with E-state index < -0.39 is 0 Å². The van der Waals surface area contributed by atoms with Gasteiger partial charge in [-0.1, -0.05) is 23.4 Å². The summed E-state index contributed by atoms with van der Waals surface area (Å²) < 4.78 is 1.49. The monoisotopic (exact) mass is 303 g/mol. The summed E-state index contributed by atoms with van der Waals surface area (Å²) in [6.45, 7) is -0.00965. The number of hydrogen-bond donors (Lipinski definition) is 2. The maximum atomic E-state index is 12.2. The van der Waals surface area contributed by atoms with Crippen molar-refractivity contribution < 1.29 is 9.90 Å². The second kappa shape index (κ2) is 6.93. The van der Waals surface area contributed by atoms with Crippen LogP contribution in [-0.4, -0.2) is 27.4 Å². The van der Waals surface area contributed by atoms with Gasteiger partial charge in [-0.15, -0.1) is 0 Å². The first-order chi connectivity index (χ1) is 10.1. The molecule has 6 heteroatoms. The van der Waals surface area contributed by atoms with E-state index in [9.17, 15) is 4.79 Å². The zero-order valence-corrected chi connectivity index (χ0v) is 12.2. The van der Waals surface area contributed by atoms with Gasteiger partial charge in [0.2, 0.25) is 0 Å². The van der Waals surface area contributed by atoms with E-state index in [1.165, 1.54) is 4.68 Å². The molecular formula is C15H14ClN3O2. The maximum Gasteiger partial charge on any atom is 0.273 e. The van der Waals surface area contributed by atoms with Crippen molar-refractivity contribution in [1.82, 2.24) is 9.78 Å². The van der Waals surface area contributed by atoms with Crippen molar-refractivity contribution >= 4 is 23.2 Å². The van der Waals surface area contributed by atoms with Crippen LogP contribution in [0.1, 0.15) is 22.5 Å². The first-order valence-corrected chi connectivity index (χ1v) is 6.68. The average Bonchev–Trinajstić information content (AvgIpc) is 2.88. The molecule has 0 aliphatic carbocycles. The van der Waals surface area contributed by atoms with Gasteiger partial charge in [0.15, 0.2) is 0 Å². The fourth-order valence-electron chi connectivity index (χ4n) is 1.73. The highest BCUT2D eigenvalue weighted by molar-refractivity contribution is 6.30. The summed E-state index contributed by atoms with van der Waals surface area (Å²) in [5.41, 5.74) is 1.61. The van der Waals surface area contributed by atoms with E-state index in [0.717, 1.165) is 0 Å². The third-order valence-corrected chi connectivity index (χ3v) is 2.98. The number of halogens is 1. The van der Waals surface area contributed by atoms with Gasteiger partial charge < -0.3 is 10.4 Å². The summed E-state index contributed by atoms with van der Waals surface area (Å²) in [7, 11) is 1.69. The zero-order valence-electron chi connectivity index (χ0n) is 11.4. The lowest BCUT2D eigenvalue weighted by Gasteiger charge is -2.08. The van der Waals surface area contributed by atoms with Crippen LogP contribution in [0.3, 0.4) is 0 Å². The third-order valence-electron chi connectivity index (χ3n) is 2.74.